The van der Waals surface area contributed by atoms with Crippen LogP contribution in [0.15, 0.2) is 64.3 Å². The van der Waals surface area contributed by atoms with E-state index in [0.29, 0.717) is 35.9 Å². The van der Waals surface area contributed by atoms with Crippen molar-refractivity contribution in [3.63, 3.8) is 0 Å². The van der Waals surface area contributed by atoms with Crippen LogP contribution in [0.5, 0.6) is 0 Å². The first kappa shape index (κ1) is 25.2. The number of halogens is 1. The number of benzene rings is 2. The van der Waals surface area contributed by atoms with Gasteiger partial charge in [-0.15, -0.1) is 12.4 Å². The predicted molar refractivity (Wildman–Crippen MR) is 141 cm³/mol. The number of guanidine groups is 1. The Bertz CT molecular complexity index is 1330. The van der Waals surface area contributed by atoms with Gasteiger partial charge in [0.15, 0.2) is 5.96 Å². The number of carboxylic acid groups (broad SMARTS) is 1. The molecule has 3 aromatic rings. The Morgan fingerprint density at radius 3 is 2.75 bits per heavy atom. The van der Waals surface area contributed by atoms with Gasteiger partial charge in [0, 0.05) is 35.6 Å². The lowest BCUT2D eigenvalue weighted by Crippen LogP contribution is -2.30. The van der Waals surface area contributed by atoms with Crippen LogP contribution in [-0.4, -0.2) is 46.8 Å². The second kappa shape index (κ2) is 10.8. The number of nitrogens with one attached hydrogen (secondary N) is 3. The summed E-state index contributed by atoms with van der Waals surface area (Å²) in [5.74, 6) is -0.845. The molecule has 1 atom stereocenters. The van der Waals surface area contributed by atoms with Crippen LogP contribution < -0.4 is 16.0 Å². The predicted octanol–water partition coefficient (Wildman–Crippen LogP) is 3.97. The van der Waals surface area contributed by atoms with Gasteiger partial charge in [-0.2, -0.15) is 11.3 Å². The van der Waals surface area contributed by atoms with E-state index in [1.165, 1.54) is 11.3 Å². The van der Waals surface area contributed by atoms with E-state index in [1.54, 1.807) is 41.3 Å². The molecule has 36 heavy (non-hydrogen) atoms. The van der Waals surface area contributed by atoms with Gasteiger partial charge in [0.05, 0.1) is 19.0 Å². The molecular formula is C25H24ClN5O4S. The number of anilines is 2. The van der Waals surface area contributed by atoms with Crippen molar-refractivity contribution in [3.8, 4) is 0 Å². The summed E-state index contributed by atoms with van der Waals surface area (Å²) in [6.45, 7) is 1.81. The first-order valence-electron chi connectivity index (χ1n) is 11.1. The van der Waals surface area contributed by atoms with E-state index in [1.807, 2.05) is 22.9 Å². The lowest BCUT2D eigenvalue weighted by atomic mass is 10.1. The summed E-state index contributed by atoms with van der Waals surface area (Å²) in [6, 6.07) is 13.6. The Kier molecular flexibility index (Phi) is 7.56. The average Bonchev–Trinajstić information content (AvgIpc) is 3.61. The molecule has 1 unspecified atom stereocenters. The van der Waals surface area contributed by atoms with Gasteiger partial charge >= 0.3 is 5.97 Å². The number of amides is 2. The monoisotopic (exact) mass is 525 g/mol. The Labute approximate surface area is 217 Å². The van der Waals surface area contributed by atoms with Crippen LogP contribution in [0.3, 0.4) is 0 Å². The molecule has 3 heterocycles. The Balaban J connectivity index is 0.00000304. The van der Waals surface area contributed by atoms with Crippen LogP contribution in [0.25, 0.3) is 0 Å². The fraction of sp³-hybridized carbons (Fsp3) is 0.200. The fourth-order valence-electron chi connectivity index (χ4n) is 4.25. The number of carboxylic acids is 1. The third-order valence-electron chi connectivity index (χ3n) is 5.93. The van der Waals surface area contributed by atoms with Crippen LogP contribution >= 0.6 is 23.7 Å². The molecule has 186 valence electrons. The highest BCUT2D eigenvalue weighted by Gasteiger charge is 2.35. The molecular weight excluding hydrogens is 502 g/mol. The Hall–Kier alpha value is -3.89. The van der Waals surface area contributed by atoms with E-state index in [2.05, 4.69) is 20.9 Å². The molecule has 0 saturated heterocycles. The van der Waals surface area contributed by atoms with E-state index in [-0.39, 0.29) is 30.6 Å². The number of hydrogen-bond acceptors (Lipinski definition) is 7. The molecule has 0 fully saturated rings. The van der Waals surface area contributed by atoms with Crippen molar-refractivity contribution >= 4 is 58.9 Å². The third-order valence-corrected chi connectivity index (χ3v) is 6.63. The first-order chi connectivity index (χ1) is 17.0. The highest BCUT2D eigenvalue weighted by molar-refractivity contribution is 7.08. The number of thiophene rings is 1. The molecule has 0 spiro atoms. The molecule has 2 aliphatic heterocycles. The van der Waals surface area contributed by atoms with Crippen molar-refractivity contribution in [1.82, 2.24) is 10.2 Å². The minimum Gasteiger partial charge on any atom is -0.481 e. The van der Waals surface area contributed by atoms with Crippen molar-refractivity contribution in [2.75, 3.05) is 23.7 Å². The Morgan fingerprint density at radius 2 is 2.03 bits per heavy atom. The summed E-state index contributed by atoms with van der Waals surface area (Å²) >= 11 is 1.46. The standard InChI is InChI=1S/C25H23N5O4S.ClH/c31-22(32)12-21(17-6-9-35-14-17)30-13-16-4-5-19(11-20(16)24(30)34)28-23(33)15-2-1-3-18(10-15)29-25-26-7-8-27-25;/h1-6,9-11,14,21H,7-8,12-13H2,(H,28,33)(H,31,32)(H2,26,27,29);1H. The molecule has 2 aliphatic rings. The lowest BCUT2D eigenvalue weighted by molar-refractivity contribution is -0.138. The molecule has 4 N–H and O–H groups in total. The highest BCUT2D eigenvalue weighted by atomic mass is 35.5. The third kappa shape index (κ3) is 5.34. The van der Waals surface area contributed by atoms with Crippen molar-refractivity contribution < 1.29 is 19.5 Å². The normalized spacial score (nSPS) is 14.8. The van der Waals surface area contributed by atoms with Crippen molar-refractivity contribution in [1.29, 1.82) is 0 Å². The summed E-state index contributed by atoms with van der Waals surface area (Å²) in [7, 11) is 0. The molecule has 2 amide bonds. The summed E-state index contributed by atoms with van der Waals surface area (Å²) in [5.41, 5.74) is 3.77. The number of rotatable bonds is 7. The zero-order chi connectivity index (χ0) is 24.4. The van der Waals surface area contributed by atoms with Crippen LogP contribution in [0.4, 0.5) is 11.4 Å². The molecule has 2 aromatic carbocycles. The smallest absolute Gasteiger partial charge is 0.305 e. The molecule has 0 saturated carbocycles. The van der Waals surface area contributed by atoms with E-state index in [9.17, 15) is 19.5 Å². The number of nitrogens with zero attached hydrogens (tertiary/aromatic N) is 2. The van der Waals surface area contributed by atoms with Gasteiger partial charge in [0.2, 0.25) is 0 Å². The maximum Gasteiger partial charge on any atom is 0.305 e. The van der Waals surface area contributed by atoms with Crippen LogP contribution in [-0.2, 0) is 11.3 Å². The van der Waals surface area contributed by atoms with Gasteiger partial charge in [0.1, 0.15) is 0 Å². The maximum atomic E-state index is 13.2. The summed E-state index contributed by atoms with van der Waals surface area (Å²) < 4.78 is 0. The average molecular weight is 526 g/mol. The minimum absolute atomic E-state index is 0. The Morgan fingerprint density at radius 1 is 1.17 bits per heavy atom. The van der Waals surface area contributed by atoms with Gasteiger partial charge < -0.3 is 26.0 Å². The number of carbonyl (C=O) groups is 3. The maximum absolute atomic E-state index is 13.2. The van der Waals surface area contributed by atoms with Crippen molar-refractivity contribution in [3.05, 3.63) is 81.5 Å². The molecule has 11 heteroatoms. The minimum atomic E-state index is -0.967. The van der Waals surface area contributed by atoms with E-state index in [0.717, 1.165) is 23.4 Å². The van der Waals surface area contributed by atoms with Crippen LogP contribution in [0.2, 0.25) is 0 Å². The molecule has 0 radical (unpaired) electrons. The van der Waals surface area contributed by atoms with Crippen LogP contribution in [0.1, 0.15) is 44.3 Å². The number of fused-ring (bicyclic) bond motifs is 1. The SMILES string of the molecule is Cl.O=C(O)CC(c1ccsc1)N1Cc2ccc(NC(=O)c3cccc(NC4=NCCN4)c3)cc2C1=O. The molecule has 5 rings (SSSR count). The van der Waals surface area contributed by atoms with Crippen molar-refractivity contribution in [2.24, 2.45) is 4.99 Å². The topological polar surface area (TPSA) is 123 Å². The van der Waals surface area contributed by atoms with Gasteiger partial charge in [-0.1, -0.05) is 12.1 Å². The summed E-state index contributed by atoms with van der Waals surface area (Å²) in [5, 5.41) is 22.3. The van der Waals surface area contributed by atoms with Gasteiger partial charge in [-0.25, -0.2) is 0 Å². The first-order valence-corrected chi connectivity index (χ1v) is 12.1. The zero-order valence-corrected chi connectivity index (χ0v) is 20.7. The highest BCUT2D eigenvalue weighted by Crippen LogP contribution is 2.35. The van der Waals surface area contributed by atoms with Crippen LogP contribution in [0, 0.1) is 0 Å². The molecule has 0 bridgehead atoms. The summed E-state index contributed by atoms with van der Waals surface area (Å²) in [4.78, 5) is 43.5. The van der Waals surface area contributed by atoms with Gasteiger partial charge in [-0.3, -0.25) is 19.4 Å². The van der Waals surface area contributed by atoms with Gasteiger partial charge in [0.25, 0.3) is 11.8 Å². The van der Waals surface area contributed by atoms with E-state index < -0.39 is 12.0 Å². The quantitative estimate of drug-likeness (QED) is 0.370. The number of aliphatic carboxylic acids is 1. The van der Waals surface area contributed by atoms with E-state index >= 15 is 0 Å². The zero-order valence-electron chi connectivity index (χ0n) is 19.1. The summed E-state index contributed by atoms with van der Waals surface area (Å²) in [6.07, 6.45) is -0.174. The second-order valence-electron chi connectivity index (χ2n) is 8.29. The number of aliphatic imine (C=N–C) groups is 1. The number of carbonyl (C=O) groups excluding carboxylic acids is 2. The lowest BCUT2D eigenvalue weighted by Gasteiger charge is -2.26. The van der Waals surface area contributed by atoms with Crippen molar-refractivity contribution in [2.45, 2.75) is 19.0 Å². The van der Waals surface area contributed by atoms with E-state index in [4.69, 9.17) is 0 Å². The van der Waals surface area contributed by atoms with Gasteiger partial charge in [-0.05, 0) is 58.3 Å². The number of hydrogen-bond donors (Lipinski definition) is 4. The fourth-order valence-corrected chi connectivity index (χ4v) is 4.96. The molecule has 1 aromatic heterocycles. The largest absolute Gasteiger partial charge is 0.481 e. The molecule has 0 aliphatic carbocycles. The molecule has 9 nitrogen and oxygen atoms in total. The second-order valence-corrected chi connectivity index (χ2v) is 9.07.